The van der Waals surface area contributed by atoms with E-state index in [2.05, 4.69) is 49.9 Å². The van der Waals surface area contributed by atoms with E-state index in [1.165, 1.54) is 63.7 Å². The summed E-state index contributed by atoms with van der Waals surface area (Å²) in [4.78, 5) is 2.66. The molecule has 1 aliphatic heterocycles. The molecule has 24 heavy (non-hydrogen) atoms. The van der Waals surface area contributed by atoms with Crippen LogP contribution in [0.1, 0.15) is 64.9 Å². The minimum absolute atomic E-state index is 0.843. The molecule has 0 radical (unpaired) electrons. The van der Waals surface area contributed by atoms with E-state index < -0.39 is 0 Å². The number of ether oxygens (including phenoxy) is 1. The van der Waals surface area contributed by atoms with Gasteiger partial charge in [-0.15, -0.1) is 0 Å². The molecule has 1 fully saturated rings. The fourth-order valence-corrected chi connectivity index (χ4v) is 3.61. The molecule has 0 aliphatic carbocycles. The van der Waals surface area contributed by atoms with Crippen LogP contribution in [0.3, 0.4) is 0 Å². The highest BCUT2D eigenvalue weighted by molar-refractivity contribution is 5.27. The molecule has 1 heterocycles. The summed E-state index contributed by atoms with van der Waals surface area (Å²) < 4.78 is 5.95. The second kappa shape index (κ2) is 10.8. The van der Waals surface area contributed by atoms with Gasteiger partial charge in [0.25, 0.3) is 0 Å². The number of likely N-dealkylation sites (tertiary alicyclic amines) is 1. The zero-order chi connectivity index (χ0) is 17.2. The number of hydrogen-bond donors (Lipinski definition) is 0. The van der Waals surface area contributed by atoms with Crippen molar-refractivity contribution in [1.82, 2.24) is 4.90 Å². The summed E-state index contributed by atoms with van der Waals surface area (Å²) in [7, 11) is 0. The Hall–Kier alpha value is -1.02. The van der Waals surface area contributed by atoms with Gasteiger partial charge in [0.2, 0.25) is 0 Å². The van der Waals surface area contributed by atoms with E-state index in [-0.39, 0.29) is 0 Å². The summed E-state index contributed by atoms with van der Waals surface area (Å²) >= 11 is 0. The molecule has 1 aliphatic rings. The molecule has 0 saturated carbocycles. The van der Waals surface area contributed by atoms with Crippen LogP contribution < -0.4 is 4.74 Å². The molecular weight excluding hydrogens is 294 g/mol. The molecule has 0 atom stereocenters. The largest absolute Gasteiger partial charge is 0.494 e. The highest BCUT2D eigenvalue weighted by Gasteiger charge is 2.18. The second-order valence-corrected chi connectivity index (χ2v) is 7.85. The molecule has 0 N–H and O–H groups in total. The predicted molar refractivity (Wildman–Crippen MR) is 104 cm³/mol. The van der Waals surface area contributed by atoms with E-state index in [1.54, 1.807) is 0 Å². The molecule has 0 spiro atoms. The Morgan fingerprint density at radius 3 is 2.46 bits per heavy atom. The maximum absolute atomic E-state index is 5.95. The van der Waals surface area contributed by atoms with Crippen LogP contribution in [0, 0.1) is 11.8 Å². The van der Waals surface area contributed by atoms with Crippen molar-refractivity contribution in [3.05, 3.63) is 29.8 Å². The normalized spacial score (nSPS) is 16.7. The minimum atomic E-state index is 0.843. The minimum Gasteiger partial charge on any atom is -0.494 e. The number of aryl methyl sites for hydroxylation is 1. The summed E-state index contributed by atoms with van der Waals surface area (Å²) in [5.74, 6) is 2.72. The van der Waals surface area contributed by atoms with Crippen LogP contribution in [0.15, 0.2) is 24.3 Å². The maximum Gasteiger partial charge on any atom is 0.119 e. The third-order valence-electron chi connectivity index (χ3n) is 5.22. The van der Waals surface area contributed by atoms with Crippen LogP contribution in [0.2, 0.25) is 0 Å². The van der Waals surface area contributed by atoms with E-state index in [9.17, 15) is 0 Å². The van der Waals surface area contributed by atoms with E-state index >= 15 is 0 Å². The number of nitrogens with zero attached hydrogens (tertiary/aromatic N) is 1. The van der Waals surface area contributed by atoms with Crippen LogP contribution in [-0.2, 0) is 6.42 Å². The summed E-state index contributed by atoms with van der Waals surface area (Å²) in [6, 6.07) is 8.66. The highest BCUT2D eigenvalue weighted by Crippen LogP contribution is 2.22. The van der Waals surface area contributed by atoms with E-state index in [4.69, 9.17) is 4.74 Å². The molecule has 2 nitrogen and oxygen atoms in total. The maximum atomic E-state index is 5.95. The lowest BCUT2D eigenvalue weighted by molar-refractivity contribution is 0.160. The first-order chi connectivity index (χ1) is 11.7. The summed E-state index contributed by atoms with van der Waals surface area (Å²) in [6.45, 7) is 11.6. The van der Waals surface area contributed by atoms with Gasteiger partial charge in [-0.05, 0) is 87.7 Å². The average Bonchev–Trinajstić information content (AvgIpc) is 2.58. The Bertz CT molecular complexity index is 432. The van der Waals surface area contributed by atoms with Crippen LogP contribution in [0.4, 0.5) is 0 Å². The van der Waals surface area contributed by atoms with Crippen molar-refractivity contribution < 1.29 is 4.74 Å². The fraction of sp³-hybridized carbons (Fsp3) is 0.727. The summed E-state index contributed by atoms with van der Waals surface area (Å²) in [5.41, 5.74) is 1.41. The van der Waals surface area contributed by atoms with E-state index in [0.29, 0.717) is 0 Å². The average molecular weight is 332 g/mol. The van der Waals surface area contributed by atoms with Gasteiger partial charge in [0.1, 0.15) is 5.75 Å². The molecular formula is C22H37NO. The third-order valence-corrected chi connectivity index (χ3v) is 5.22. The molecule has 0 amide bonds. The molecule has 0 aromatic heterocycles. The first-order valence-corrected chi connectivity index (χ1v) is 10.1. The third kappa shape index (κ3) is 7.25. The zero-order valence-corrected chi connectivity index (χ0v) is 16.1. The Balaban J connectivity index is 1.57. The first-order valence-electron chi connectivity index (χ1n) is 10.1. The molecule has 0 unspecified atom stereocenters. The SMILES string of the molecule is CCCc1ccc(OCCC2CCN(CCCC(C)C)CC2)cc1. The van der Waals surface area contributed by atoms with Crippen LogP contribution in [0.5, 0.6) is 5.75 Å². The highest BCUT2D eigenvalue weighted by atomic mass is 16.5. The van der Waals surface area contributed by atoms with Gasteiger partial charge in [0.15, 0.2) is 0 Å². The molecule has 136 valence electrons. The fourth-order valence-electron chi connectivity index (χ4n) is 3.61. The van der Waals surface area contributed by atoms with Crippen molar-refractivity contribution in [2.75, 3.05) is 26.2 Å². The first kappa shape index (κ1) is 19.3. The summed E-state index contributed by atoms with van der Waals surface area (Å²) in [6.07, 6.45) is 8.99. The summed E-state index contributed by atoms with van der Waals surface area (Å²) in [5, 5.41) is 0. The van der Waals surface area contributed by atoms with Crippen molar-refractivity contribution in [1.29, 1.82) is 0 Å². The second-order valence-electron chi connectivity index (χ2n) is 7.85. The van der Waals surface area contributed by atoms with Crippen molar-refractivity contribution in [2.45, 2.75) is 65.7 Å². The Kier molecular flexibility index (Phi) is 8.66. The molecule has 0 bridgehead atoms. The molecule has 1 saturated heterocycles. The van der Waals surface area contributed by atoms with Crippen LogP contribution >= 0.6 is 0 Å². The van der Waals surface area contributed by atoms with Gasteiger partial charge in [0.05, 0.1) is 6.61 Å². The molecule has 1 aromatic carbocycles. The van der Waals surface area contributed by atoms with Gasteiger partial charge in [-0.1, -0.05) is 39.3 Å². The van der Waals surface area contributed by atoms with Gasteiger partial charge < -0.3 is 9.64 Å². The smallest absolute Gasteiger partial charge is 0.119 e. The van der Waals surface area contributed by atoms with Gasteiger partial charge in [-0.2, -0.15) is 0 Å². The molecule has 2 rings (SSSR count). The van der Waals surface area contributed by atoms with Crippen molar-refractivity contribution >= 4 is 0 Å². The molecule has 1 aromatic rings. The lowest BCUT2D eigenvalue weighted by Gasteiger charge is -2.32. The Labute approximate surface area is 149 Å². The van der Waals surface area contributed by atoms with E-state index in [1.807, 2.05) is 0 Å². The number of piperidine rings is 1. The quantitative estimate of drug-likeness (QED) is 0.557. The van der Waals surface area contributed by atoms with E-state index in [0.717, 1.165) is 30.6 Å². The van der Waals surface area contributed by atoms with Gasteiger partial charge >= 0.3 is 0 Å². The Morgan fingerprint density at radius 1 is 1.12 bits per heavy atom. The lowest BCUT2D eigenvalue weighted by Crippen LogP contribution is -2.34. The van der Waals surface area contributed by atoms with Crippen molar-refractivity contribution in [3.8, 4) is 5.75 Å². The van der Waals surface area contributed by atoms with Crippen LogP contribution in [-0.4, -0.2) is 31.1 Å². The standard InChI is InChI=1S/C22H37NO/c1-4-6-20-8-10-22(11-9-20)24-18-14-21-12-16-23(17-13-21)15-5-7-19(2)3/h8-11,19,21H,4-7,12-18H2,1-3H3. The predicted octanol–water partition coefficient (Wildman–Crippen LogP) is 5.56. The monoisotopic (exact) mass is 331 g/mol. The number of benzene rings is 1. The van der Waals surface area contributed by atoms with Gasteiger partial charge in [-0.25, -0.2) is 0 Å². The van der Waals surface area contributed by atoms with Crippen molar-refractivity contribution in [3.63, 3.8) is 0 Å². The lowest BCUT2D eigenvalue weighted by atomic mass is 9.93. The van der Waals surface area contributed by atoms with Crippen LogP contribution in [0.25, 0.3) is 0 Å². The number of rotatable bonds is 10. The zero-order valence-electron chi connectivity index (χ0n) is 16.1. The molecule has 2 heteroatoms. The topological polar surface area (TPSA) is 12.5 Å². The number of hydrogen-bond acceptors (Lipinski definition) is 2. The van der Waals surface area contributed by atoms with Gasteiger partial charge in [0, 0.05) is 0 Å². The van der Waals surface area contributed by atoms with Crippen molar-refractivity contribution in [2.24, 2.45) is 11.8 Å². The Morgan fingerprint density at radius 2 is 1.83 bits per heavy atom. The van der Waals surface area contributed by atoms with Gasteiger partial charge in [-0.3, -0.25) is 0 Å².